The molecule has 3 aromatic carbocycles. The first-order chi connectivity index (χ1) is 18.6. The maximum absolute atomic E-state index is 14.0. The van der Waals surface area contributed by atoms with E-state index in [2.05, 4.69) is 6.07 Å². The van der Waals surface area contributed by atoms with E-state index in [1.165, 1.54) is 11.8 Å². The highest BCUT2D eigenvalue weighted by Gasteiger charge is 2.46. The Morgan fingerprint density at radius 3 is 2.26 bits per heavy atom. The Bertz CT molecular complexity index is 1550. The Balaban J connectivity index is 1.67. The number of amides is 1. The van der Waals surface area contributed by atoms with Crippen molar-refractivity contribution in [2.24, 2.45) is 0 Å². The molecule has 0 aromatic heterocycles. The molecule has 0 unspecified atom stereocenters. The number of thioether (sulfide) groups is 2. The number of hydrogen-bond acceptors (Lipinski definition) is 6. The van der Waals surface area contributed by atoms with Crippen molar-refractivity contribution in [2.75, 3.05) is 11.5 Å². The second-order valence-electron chi connectivity index (χ2n) is 10.0. The molecule has 0 aliphatic carbocycles. The van der Waals surface area contributed by atoms with Gasteiger partial charge in [0.05, 0.1) is 26.9 Å². The topological polar surface area (TPSA) is 46.6 Å². The number of carbonyl (C=O) groups excluding carboxylic acids is 2. The van der Waals surface area contributed by atoms with E-state index in [-0.39, 0.29) is 11.9 Å². The van der Waals surface area contributed by atoms with Crippen LogP contribution in [-0.2, 0) is 9.53 Å². The molecule has 2 heterocycles. The smallest absolute Gasteiger partial charge is 0.346 e. The highest BCUT2D eigenvalue weighted by Crippen LogP contribution is 2.58. The summed E-state index contributed by atoms with van der Waals surface area (Å²) in [5.41, 5.74) is 5.53. The van der Waals surface area contributed by atoms with Gasteiger partial charge in [0.25, 0.3) is 5.91 Å². The molecule has 0 saturated carbocycles. The Labute approximate surface area is 243 Å². The van der Waals surface area contributed by atoms with Crippen LogP contribution in [0.4, 0.5) is 5.69 Å². The van der Waals surface area contributed by atoms with Crippen molar-refractivity contribution in [2.45, 2.75) is 40.2 Å². The van der Waals surface area contributed by atoms with Gasteiger partial charge in [-0.05, 0) is 64.4 Å². The van der Waals surface area contributed by atoms with Crippen LogP contribution < -0.4 is 4.90 Å². The molecule has 0 atom stereocenters. The van der Waals surface area contributed by atoms with Crippen LogP contribution in [0.3, 0.4) is 0 Å². The molecule has 0 N–H and O–H groups in total. The molecule has 0 fully saturated rings. The molecular formula is C32H29NO3S3. The lowest BCUT2D eigenvalue weighted by Crippen LogP contribution is -2.56. The van der Waals surface area contributed by atoms with Gasteiger partial charge in [0, 0.05) is 21.6 Å². The molecule has 3 aromatic rings. The number of nitrogens with zero attached hydrogens (tertiary/aromatic N) is 1. The van der Waals surface area contributed by atoms with E-state index < -0.39 is 5.54 Å². The summed E-state index contributed by atoms with van der Waals surface area (Å²) < 4.78 is 6.36. The van der Waals surface area contributed by atoms with Crippen LogP contribution in [0.5, 0.6) is 0 Å². The number of hydrogen-bond donors (Lipinski definition) is 0. The Hall–Kier alpha value is -3.13. The summed E-state index contributed by atoms with van der Waals surface area (Å²) in [5.74, 6) is -0.440. The molecule has 2 aliphatic heterocycles. The van der Waals surface area contributed by atoms with Crippen molar-refractivity contribution in [3.8, 4) is 0 Å². The minimum absolute atomic E-state index is 0.0986. The lowest BCUT2D eigenvalue weighted by Gasteiger charge is -2.45. The number of rotatable bonds is 4. The summed E-state index contributed by atoms with van der Waals surface area (Å²) in [6.45, 7) is 10.1. The summed E-state index contributed by atoms with van der Waals surface area (Å²) in [7, 11) is 0. The fourth-order valence-electron chi connectivity index (χ4n) is 4.78. The third-order valence-corrected chi connectivity index (χ3v) is 10.1. The Morgan fingerprint density at radius 1 is 0.923 bits per heavy atom. The Morgan fingerprint density at radius 2 is 1.59 bits per heavy atom. The normalized spacial score (nSPS) is 18.3. The molecule has 5 rings (SSSR count). The van der Waals surface area contributed by atoms with Crippen LogP contribution >= 0.6 is 35.7 Å². The van der Waals surface area contributed by atoms with Gasteiger partial charge in [-0.2, -0.15) is 0 Å². The highest BCUT2D eigenvalue weighted by atomic mass is 32.2. The molecule has 0 saturated heterocycles. The molecule has 0 spiro atoms. The van der Waals surface area contributed by atoms with Crippen molar-refractivity contribution >= 4 is 68.6 Å². The number of benzene rings is 3. The van der Waals surface area contributed by atoms with Crippen molar-refractivity contribution < 1.29 is 14.3 Å². The van der Waals surface area contributed by atoms with E-state index >= 15 is 0 Å². The predicted molar refractivity (Wildman–Crippen MR) is 168 cm³/mol. The molecule has 7 heteroatoms. The fraction of sp³-hybridized carbons (Fsp3) is 0.219. The first-order valence-electron chi connectivity index (χ1n) is 12.8. The van der Waals surface area contributed by atoms with E-state index in [1.807, 2.05) is 106 Å². The average molecular weight is 572 g/mol. The summed E-state index contributed by atoms with van der Waals surface area (Å²) in [6.07, 6.45) is 0. The largest absolute Gasteiger partial charge is 0.462 e. The van der Waals surface area contributed by atoms with Crippen molar-refractivity contribution in [1.82, 2.24) is 0 Å². The van der Waals surface area contributed by atoms with Gasteiger partial charge in [0.15, 0.2) is 0 Å². The van der Waals surface area contributed by atoms with Gasteiger partial charge >= 0.3 is 5.97 Å². The van der Waals surface area contributed by atoms with Gasteiger partial charge in [-0.15, -0.1) is 0 Å². The zero-order valence-corrected chi connectivity index (χ0v) is 25.0. The van der Waals surface area contributed by atoms with Crippen LogP contribution in [0.2, 0.25) is 0 Å². The van der Waals surface area contributed by atoms with Gasteiger partial charge < -0.3 is 4.74 Å². The van der Waals surface area contributed by atoms with Gasteiger partial charge in [-0.25, -0.2) is 4.79 Å². The van der Waals surface area contributed by atoms with Crippen molar-refractivity contribution in [3.63, 3.8) is 0 Å². The van der Waals surface area contributed by atoms with Gasteiger partial charge in [0.1, 0.15) is 4.91 Å². The van der Waals surface area contributed by atoms with E-state index in [4.69, 9.17) is 17.0 Å². The second-order valence-corrected chi connectivity index (χ2v) is 12.7. The maximum atomic E-state index is 14.0. The SMILES string of the molecule is CCOC(=O)C1=C(c2ccccc2)S/C(=C2/C(=S)C(C)(C)N(C(=O)c3ccc(C)cc3)c3ccc(C)cc32)S1. The summed E-state index contributed by atoms with van der Waals surface area (Å²) in [6, 6.07) is 23.6. The number of fused-ring (bicyclic) bond motifs is 1. The Kier molecular flexibility index (Phi) is 7.60. The number of thiocarbonyl (C=S) groups is 1. The molecule has 4 nitrogen and oxygen atoms in total. The molecule has 1 amide bonds. The average Bonchev–Trinajstić information content (AvgIpc) is 3.36. The summed E-state index contributed by atoms with van der Waals surface area (Å²) >= 11 is 9.14. The van der Waals surface area contributed by atoms with E-state index in [1.54, 1.807) is 11.8 Å². The first kappa shape index (κ1) is 27.4. The van der Waals surface area contributed by atoms with Gasteiger partial charge in [-0.3, -0.25) is 9.69 Å². The molecular weight excluding hydrogens is 543 g/mol. The standard InChI is InChI=1S/C32H29NO3S3/c1-6-36-30(35)27-26(21-10-8-7-9-11-21)38-31(39-27)25-23-18-20(3)14-17-24(23)33(32(4,5)28(25)37)29(34)22-15-12-19(2)13-16-22/h7-18H,6H2,1-5H3/b31-25-. The van der Waals surface area contributed by atoms with Crippen LogP contribution in [0, 0.1) is 13.8 Å². The second kappa shape index (κ2) is 10.8. The monoisotopic (exact) mass is 571 g/mol. The summed E-state index contributed by atoms with van der Waals surface area (Å²) in [5, 5.41) is 0. The maximum Gasteiger partial charge on any atom is 0.346 e. The number of carbonyl (C=O) groups is 2. The quantitative estimate of drug-likeness (QED) is 0.179. The lowest BCUT2D eigenvalue weighted by atomic mass is 9.82. The highest BCUT2D eigenvalue weighted by molar-refractivity contribution is 8.32. The lowest BCUT2D eigenvalue weighted by molar-refractivity contribution is -0.137. The van der Waals surface area contributed by atoms with Crippen molar-refractivity contribution in [3.05, 3.63) is 110 Å². The number of anilines is 1. The molecule has 198 valence electrons. The first-order valence-corrected chi connectivity index (χ1v) is 14.8. The van der Waals surface area contributed by atoms with Crippen LogP contribution in [-0.4, -0.2) is 28.9 Å². The van der Waals surface area contributed by atoms with Crippen LogP contribution in [0.1, 0.15) is 53.4 Å². The van der Waals surface area contributed by atoms with Gasteiger partial charge in [0.2, 0.25) is 0 Å². The predicted octanol–water partition coefficient (Wildman–Crippen LogP) is 8.19. The van der Waals surface area contributed by atoms with E-state index in [0.29, 0.717) is 21.9 Å². The number of aryl methyl sites for hydroxylation is 2. The zero-order chi connectivity index (χ0) is 27.9. The minimum Gasteiger partial charge on any atom is -0.462 e. The minimum atomic E-state index is -0.789. The van der Waals surface area contributed by atoms with Gasteiger partial charge in [-0.1, -0.05) is 95.4 Å². The summed E-state index contributed by atoms with van der Waals surface area (Å²) in [4.78, 5) is 30.9. The van der Waals surface area contributed by atoms with Crippen LogP contribution in [0.25, 0.3) is 10.5 Å². The van der Waals surface area contributed by atoms with Crippen LogP contribution in [0.15, 0.2) is 81.9 Å². The molecule has 2 aliphatic rings. The molecule has 0 bridgehead atoms. The molecule has 39 heavy (non-hydrogen) atoms. The zero-order valence-electron chi connectivity index (χ0n) is 22.5. The third kappa shape index (κ3) is 4.99. The van der Waals surface area contributed by atoms with E-state index in [0.717, 1.165) is 42.7 Å². The van der Waals surface area contributed by atoms with E-state index in [9.17, 15) is 9.59 Å². The number of esters is 1. The third-order valence-electron chi connectivity index (χ3n) is 6.80. The fourth-order valence-corrected chi connectivity index (χ4v) is 7.91. The number of ether oxygens (including phenoxy) is 1. The van der Waals surface area contributed by atoms with Crippen molar-refractivity contribution in [1.29, 1.82) is 0 Å². The molecule has 0 radical (unpaired) electrons.